The van der Waals surface area contributed by atoms with Crippen molar-refractivity contribution in [2.45, 2.75) is 6.55 Å². The zero-order valence-electron chi connectivity index (χ0n) is 9.09. The number of anilines is 2. The highest BCUT2D eigenvalue weighted by atomic mass is 19.3. The normalized spacial score (nSPS) is 10.8. The van der Waals surface area contributed by atoms with Crippen LogP contribution in [0.5, 0.6) is 5.75 Å². The van der Waals surface area contributed by atoms with E-state index >= 15 is 0 Å². The number of aromatic hydroxyl groups is 1. The molecule has 0 saturated heterocycles. The maximum absolute atomic E-state index is 12.3. The van der Waals surface area contributed by atoms with Crippen LogP contribution < -0.4 is 4.90 Å². The van der Waals surface area contributed by atoms with Gasteiger partial charge >= 0.3 is 6.55 Å². The van der Waals surface area contributed by atoms with Crippen LogP contribution in [0.25, 0.3) is 0 Å². The summed E-state index contributed by atoms with van der Waals surface area (Å²) in [7, 11) is 1.74. The van der Waals surface area contributed by atoms with Crippen molar-refractivity contribution >= 4 is 11.4 Å². The van der Waals surface area contributed by atoms with Crippen LogP contribution in [0.15, 0.2) is 36.7 Å². The summed E-state index contributed by atoms with van der Waals surface area (Å²) in [6, 6.07) is 6.44. The second-order valence-electron chi connectivity index (χ2n) is 3.53. The smallest absolute Gasteiger partial charge is 0.333 e. The summed E-state index contributed by atoms with van der Waals surface area (Å²) in [5.74, 6) is 0.158. The van der Waals surface area contributed by atoms with E-state index in [1.165, 1.54) is 24.5 Å². The number of benzene rings is 1. The molecule has 1 aromatic carbocycles. The van der Waals surface area contributed by atoms with Crippen molar-refractivity contribution in [2.24, 2.45) is 0 Å². The van der Waals surface area contributed by atoms with E-state index in [4.69, 9.17) is 5.11 Å². The molecule has 0 aliphatic rings. The van der Waals surface area contributed by atoms with Crippen LogP contribution in [0.3, 0.4) is 0 Å². The molecule has 1 aromatic heterocycles. The third-order valence-electron chi connectivity index (χ3n) is 2.41. The number of nitrogens with zero attached hydrogens (tertiary/aromatic N) is 3. The molecule has 0 unspecified atom stereocenters. The van der Waals surface area contributed by atoms with Crippen molar-refractivity contribution in [3.63, 3.8) is 0 Å². The van der Waals surface area contributed by atoms with E-state index in [0.29, 0.717) is 10.4 Å². The first-order valence-corrected chi connectivity index (χ1v) is 4.93. The van der Waals surface area contributed by atoms with Crippen LogP contribution in [-0.2, 0) is 0 Å². The van der Waals surface area contributed by atoms with E-state index < -0.39 is 6.55 Å². The monoisotopic (exact) mass is 239 g/mol. The van der Waals surface area contributed by atoms with Gasteiger partial charge in [0, 0.05) is 12.7 Å². The van der Waals surface area contributed by atoms with Gasteiger partial charge in [0.25, 0.3) is 0 Å². The first kappa shape index (κ1) is 11.4. The van der Waals surface area contributed by atoms with Gasteiger partial charge in [-0.3, -0.25) is 0 Å². The van der Waals surface area contributed by atoms with Crippen molar-refractivity contribution in [1.82, 2.24) is 9.78 Å². The largest absolute Gasteiger partial charge is 0.508 e. The van der Waals surface area contributed by atoms with Gasteiger partial charge in [0.15, 0.2) is 0 Å². The molecule has 4 nitrogen and oxygen atoms in total. The molecule has 0 fully saturated rings. The van der Waals surface area contributed by atoms with E-state index in [-0.39, 0.29) is 5.75 Å². The van der Waals surface area contributed by atoms with Crippen LogP contribution >= 0.6 is 0 Å². The Hall–Kier alpha value is -2.11. The summed E-state index contributed by atoms with van der Waals surface area (Å²) in [6.45, 7) is -2.64. The van der Waals surface area contributed by atoms with E-state index in [0.717, 1.165) is 5.69 Å². The van der Waals surface area contributed by atoms with Crippen LogP contribution in [0.4, 0.5) is 20.2 Å². The van der Waals surface area contributed by atoms with Crippen molar-refractivity contribution < 1.29 is 13.9 Å². The Balaban J connectivity index is 2.24. The first-order valence-electron chi connectivity index (χ1n) is 4.93. The summed E-state index contributed by atoms with van der Waals surface area (Å²) >= 11 is 0. The van der Waals surface area contributed by atoms with Crippen molar-refractivity contribution in [2.75, 3.05) is 11.9 Å². The Morgan fingerprint density at radius 1 is 1.24 bits per heavy atom. The maximum Gasteiger partial charge on any atom is 0.333 e. The zero-order chi connectivity index (χ0) is 12.4. The molecule has 0 aliphatic carbocycles. The summed E-state index contributed by atoms with van der Waals surface area (Å²) in [5, 5.41) is 12.7. The lowest BCUT2D eigenvalue weighted by Crippen LogP contribution is -2.08. The Morgan fingerprint density at radius 3 is 2.41 bits per heavy atom. The third-order valence-corrected chi connectivity index (χ3v) is 2.41. The molecule has 17 heavy (non-hydrogen) atoms. The molecule has 0 amide bonds. The van der Waals surface area contributed by atoms with Gasteiger partial charge in [-0.15, -0.1) is 0 Å². The van der Waals surface area contributed by atoms with Gasteiger partial charge in [0.05, 0.1) is 18.1 Å². The number of hydrogen-bond donors (Lipinski definition) is 1. The Morgan fingerprint density at radius 2 is 1.88 bits per heavy atom. The van der Waals surface area contributed by atoms with Gasteiger partial charge in [-0.1, -0.05) is 0 Å². The number of rotatable bonds is 3. The van der Waals surface area contributed by atoms with E-state index in [9.17, 15) is 8.78 Å². The lowest BCUT2D eigenvalue weighted by Gasteiger charge is -2.16. The fourth-order valence-corrected chi connectivity index (χ4v) is 1.43. The third kappa shape index (κ3) is 2.35. The molecule has 0 bridgehead atoms. The minimum atomic E-state index is -2.64. The lowest BCUT2D eigenvalue weighted by molar-refractivity contribution is 0.0566. The highest BCUT2D eigenvalue weighted by molar-refractivity contribution is 5.61. The van der Waals surface area contributed by atoms with E-state index in [1.807, 2.05) is 0 Å². The molecule has 1 N–H and O–H groups in total. The number of phenolic OH excluding ortho intramolecular Hbond substituents is 1. The topological polar surface area (TPSA) is 41.3 Å². The summed E-state index contributed by atoms with van der Waals surface area (Å²) in [4.78, 5) is 1.70. The number of alkyl halides is 2. The molecule has 0 radical (unpaired) electrons. The van der Waals surface area contributed by atoms with E-state index in [2.05, 4.69) is 5.10 Å². The van der Waals surface area contributed by atoms with Gasteiger partial charge in [0.1, 0.15) is 5.75 Å². The minimum Gasteiger partial charge on any atom is -0.508 e. The predicted octanol–water partition coefficient (Wildman–Crippen LogP) is 2.75. The predicted molar refractivity (Wildman–Crippen MR) is 59.6 cm³/mol. The SMILES string of the molecule is CN(c1ccc(O)cc1)c1cnn(C(F)F)c1. The molecule has 0 atom stereocenters. The maximum atomic E-state index is 12.3. The highest BCUT2D eigenvalue weighted by Crippen LogP contribution is 2.25. The fraction of sp³-hybridized carbons (Fsp3) is 0.182. The number of hydrogen-bond acceptors (Lipinski definition) is 3. The highest BCUT2D eigenvalue weighted by Gasteiger charge is 2.11. The summed E-state index contributed by atoms with van der Waals surface area (Å²) in [5.41, 5.74) is 1.33. The Kier molecular flexibility index (Phi) is 2.95. The average molecular weight is 239 g/mol. The van der Waals surface area contributed by atoms with Crippen molar-refractivity contribution in [3.8, 4) is 5.75 Å². The molecule has 0 saturated carbocycles. The molecule has 2 rings (SSSR count). The summed E-state index contributed by atoms with van der Waals surface area (Å²) < 4.78 is 25.3. The van der Waals surface area contributed by atoms with Crippen LogP contribution in [0, 0.1) is 0 Å². The van der Waals surface area contributed by atoms with E-state index in [1.54, 1.807) is 24.1 Å². The van der Waals surface area contributed by atoms with Gasteiger partial charge in [0.2, 0.25) is 0 Å². The quantitative estimate of drug-likeness (QED) is 0.895. The van der Waals surface area contributed by atoms with Gasteiger partial charge in [-0.25, -0.2) is 4.68 Å². The molecule has 2 aromatic rings. The van der Waals surface area contributed by atoms with Gasteiger partial charge in [-0.05, 0) is 24.3 Å². The van der Waals surface area contributed by atoms with Crippen molar-refractivity contribution in [1.29, 1.82) is 0 Å². The van der Waals surface area contributed by atoms with Crippen LogP contribution in [0.2, 0.25) is 0 Å². The Bertz CT molecular complexity index is 496. The standard InChI is InChI=1S/C11H11F2N3O/c1-15(8-2-4-10(17)5-3-8)9-6-14-16(7-9)11(12)13/h2-7,11,17H,1H3. The molecule has 6 heteroatoms. The second-order valence-corrected chi connectivity index (χ2v) is 3.53. The summed E-state index contributed by atoms with van der Waals surface area (Å²) in [6.07, 6.45) is 2.62. The van der Waals surface area contributed by atoms with Crippen molar-refractivity contribution in [3.05, 3.63) is 36.7 Å². The molecular formula is C11H11F2N3O. The zero-order valence-corrected chi connectivity index (χ0v) is 9.09. The number of halogens is 2. The molecule has 0 aliphatic heterocycles. The molecule has 90 valence electrons. The minimum absolute atomic E-state index is 0.158. The number of phenols is 1. The first-order chi connectivity index (χ1) is 8.08. The lowest BCUT2D eigenvalue weighted by atomic mass is 10.3. The number of aromatic nitrogens is 2. The Labute approximate surface area is 96.7 Å². The van der Waals surface area contributed by atoms with Crippen LogP contribution in [0.1, 0.15) is 6.55 Å². The van der Waals surface area contributed by atoms with Crippen LogP contribution in [-0.4, -0.2) is 21.9 Å². The molecule has 1 heterocycles. The van der Waals surface area contributed by atoms with Gasteiger partial charge in [-0.2, -0.15) is 13.9 Å². The fourth-order valence-electron chi connectivity index (χ4n) is 1.43. The molecular weight excluding hydrogens is 228 g/mol. The molecule has 0 spiro atoms. The van der Waals surface area contributed by atoms with Gasteiger partial charge < -0.3 is 10.0 Å². The average Bonchev–Trinajstić information content (AvgIpc) is 2.78. The second kappa shape index (κ2) is 4.40.